The molecule has 0 radical (unpaired) electrons. The first-order valence-corrected chi connectivity index (χ1v) is 6.19. The molecule has 0 aromatic rings. The molecule has 0 amide bonds. The molecule has 0 saturated heterocycles. The summed E-state index contributed by atoms with van der Waals surface area (Å²) < 4.78 is 0.125. The van der Waals surface area contributed by atoms with E-state index in [-0.39, 0.29) is 9.70 Å². The number of carbonyl (C=O) groups is 1. The normalized spacial score (nSPS) is 10.2. The lowest BCUT2D eigenvalue weighted by atomic mass is 10.9. The van der Waals surface area contributed by atoms with Crippen LogP contribution < -0.4 is 0 Å². The van der Waals surface area contributed by atoms with E-state index in [1.165, 1.54) is 11.8 Å². The van der Waals surface area contributed by atoms with Gasteiger partial charge in [-0.2, -0.15) is 0 Å². The van der Waals surface area contributed by atoms with Gasteiger partial charge in [0.05, 0.1) is 0 Å². The van der Waals surface area contributed by atoms with Crippen molar-refractivity contribution in [2.24, 2.45) is 0 Å². The zero-order valence-corrected chi connectivity index (χ0v) is 8.16. The lowest BCUT2D eigenvalue weighted by molar-refractivity contribution is -0.109. The van der Waals surface area contributed by atoms with Gasteiger partial charge in [-0.15, -0.1) is 23.5 Å². The van der Waals surface area contributed by atoms with Crippen molar-refractivity contribution in [3.05, 3.63) is 0 Å². The molecule has 0 aliphatic carbocycles. The van der Waals surface area contributed by atoms with Crippen molar-refractivity contribution in [2.45, 2.75) is 4.58 Å². The molecule has 0 spiro atoms. The van der Waals surface area contributed by atoms with Crippen LogP contribution in [-0.2, 0) is 4.79 Å². The summed E-state index contributed by atoms with van der Waals surface area (Å²) in [6.07, 6.45) is 5.73. The summed E-state index contributed by atoms with van der Waals surface area (Å²) in [5.74, 6) is 0. The number of carbonyl (C=O) groups excluding carboxylic acids is 1. The summed E-state index contributed by atoms with van der Waals surface area (Å²) in [5, 5.41) is 0.259. The van der Waals surface area contributed by atoms with Crippen molar-refractivity contribution in [3.63, 3.8) is 0 Å². The minimum atomic E-state index is 0.125. The standard InChI is InChI=1S/C5H10OS3/c1-7-4(6)5(8-2)9-3/h5H,1-3H3. The SMILES string of the molecule is CSC(=O)C(SC)SC. The second-order valence-electron chi connectivity index (χ2n) is 1.33. The quantitative estimate of drug-likeness (QED) is 0.620. The molecule has 0 atom stereocenters. The fraction of sp³-hybridized carbons (Fsp3) is 0.800. The highest BCUT2D eigenvalue weighted by atomic mass is 32.2. The Morgan fingerprint density at radius 2 is 1.67 bits per heavy atom. The van der Waals surface area contributed by atoms with E-state index in [0.717, 1.165) is 0 Å². The molecule has 0 fully saturated rings. The van der Waals surface area contributed by atoms with Crippen molar-refractivity contribution in [3.8, 4) is 0 Å². The molecular weight excluding hydrogens is 172 g/mol. The van der Waals surface area contributed by atoms with Crippen molar-refractivity contribution < 1.29 is 4.79 Å². The molecule has 9 heavy (non-hydrogen) atoms. The molecule has 0 saturated carbocycles. The van der Waals surface area contributed by atoms with E-state index in [4.69, 9.17) is 0 Å². The second kappa shape index (κ2) is 5.50. The van der Waals surface area contributed by atoms with Crippen LogP contribution >= 0.6 is 35.3 Å². The Morgan fingerprint density at radius 3 is 1.78 bits per heavy atom. The Labute approximate surface area is 68.7 Å². The van der Waals surface area contributed by atoms with Crippen LogP contribution in [0, 0.1) is 0 Å². The van der Waals surface area contributed by atoms with Crippen molar-refractivity contribution in [2.75, 3.05) is 18.8 Å². The number of rotatable bonds is 3. The van der Waals surface area contributed by atoms with Gasteiger partial charge in [0.1, 0.15) is 4.58 Å². The van der Waals surface area contributed by atoms with E-state index < -0.39 is 0 Å². The minimum absolute atomic E-state index is 0.125. The largest absolute Gasteiger partial charge is 0.285 e. The Morgan fingerprint density at radius 1 is 1.22 bits per heavy atom. The van der Waals surface area contributed by atoms with E-state index in [1.54, 1.807) is 23.5 Å². The van der Waals surface area contributed by atoms with E-state index >= 15 is 0 Å². The Bertz CT molecular complexity index is 90.2. The molecule has 0 rings (SSSR count). The van der Waals surface area contributed by atoms with Gasteiger partial charge in [0.15, 0.2) is 0 Å². The maximum Gasteiger partial charge on any atom is 0.211 e. The van der Waals surface area contributed by atoms with Gasteiger partial charge < -0.3 is 0 Å². The van der Waals surface area contributed by atoms with E-state index in [2.05, 4.69) is 0 Å². The smallest absolute Gasteiger partial charge is 0.211 e. The lowest BCUT2D eigenvalue weighted by Crippen LogP contribution is -2.06. The van der Waals surface area contributed by atoms with E-state index in [1.807, 2.05) is 18.8 Å². The van der Waals surface area contributed by atoms with Gasteiger partial charge in [0.2, 0.25) is 5.12 Å². The summed E-state index contributed by atoms with van der Waals surface area (Å²) in [4.78, 5) is 10.9. The number of thioether (sulfide) groups is 3. The molecule has 0 aromatic carbocycles. The monoisotopic (exact) mass is 182 g/mol. The highest BCUT2D eigenvalue weighted by molar-refractivity contribution is 8.23. The first kappa shape index (κ1) is 9.72. The minimum Gasteiger partial charge on any atom is -0.285 e. The third-order valence-electron chi connectivity index (χ3n) is 0.822. The fourth-order valence-electron chi connectivity index (χ4n) is 0.385. The second-order valence-corrected chi connectivity index (χ2v) is 4.32. The Balaban J connectivity index is 3.64. The van der Waals surface area contributed by atoms with E-state index in [0.29, 0.717) is 0 Å². The predicted molar refractivity (Wildman–Crippen MR) is 49.3 cm³/mol. The molecule has 0 aliphatic heterocycles. The zero-order chi connectivity index (χ0) is 7.28. The van der Waals surface area contributed by atoms with Crippen LogP contribution in [0.4, 0.5) is 0 Å². The topological polar surface area (TPSA) is 17.1 Å². The first-order valence-electron chi connectivity index (χ1n) is 2.39. The highest BCUT2D eigenvalue weighted by Crippen LogP contribution is 2.22. The van der Waals surface area contributed by atoms with Crippen molar-refractivity contribution in [1.82, 2.24) is 0 Å². The molecule has 4 heteroatoms. The lowest BCUT2D eigenvalue weighted by Gasteiger charge is -2.05. The van der Waals surface area contributed by atoms with Gasteiger partial charge in [0, 0.05) is 0 Å². The van der Waals surface area contributed by atoms with Gasteiger partial charge >= 0.3 is 0 Å². The van der Waals surface area contributed by atoms with Gasteiger partial charge in [0.25, 0.3) is 0 Å². The van der Waals surface area contributed by atoms with Crippen molar-refractivity contribution in [1.29, 1.82) is 0 Å². The van der Waals surface area contributed by atoms with Gasteiger partial charge in [-0.05, 0) is 18.8 Å². The summed E-state index contributed by atoms with van der Waals surface area (Å²) in [6.45, 7) is 0. The van der Waals surface area contributed by atoms with Crippen LogP contribution in [0.15, 0.2) is 0 Å². The summed E-state index contributed by atoms with van der Waals surface area (Å²) >= 11 is 4.49. The third kappa shape index (κ3) is 3.43. The molecular formula is C5H10OS3. The molecule has 54 valence electrons. The molecule has 0 N–H and O–H groups in total. The average Bonchev–Trinajstić information content (AvgIpc) is 1.90. The van der Waals surface area contributed by atoms with Crippen LogP contribution in [0.1, 0.15) is 0 Å². The van der Waals surface area contributed by atoms with Crippen LogP contribution in [0.2, 0.25) is 0 Å². The maximum absolute atomic E-state index is 10.9. The van der Waals surface area contributed by atoms with Gasteiger partial charge in [-0.25, -0.2) is 0 Å². The average molecular weight is 182 g/mol. The van der Waals surface area contributed by atoms with Crippen LogP contribution in [0.25, 0.3) is 0 Å². The molecule has 0 bridgehead atoms. The Hall–Kier alpha value is 0.720. The fourth-order valence-corrected chi connectivity index (χ4v) is 2.89. The van der Waals surface area contributed by atoms with Crippen LogP contribution in [0.3, 0.4) is 0 Å². The predicted octanol–water partition coefficient (Wildman–Crippen LogP) is 1.93. The van der Waals surface area contributed by atoms with E-state index in [9.17, 15) is 4.79 Å². The third-order valence-corrected chi connectivity index (χ3v) is 4.20. The summed E-state index contributed by atoms with van der Waals surface area (Å²) in [7, 11) is 0. The van der Waals surface area contributed by atoms with Gasteiger partial charge in [-0.1, -0.05) is 11.8 Å². The van der Waals surface area contributed by atoms with Crippen LogP contribution in [0.5, 0.6) is 0 Å². The molecule has 0 unspecified atom stereocenters. The maximum atomic E-state index is 10.9. The van der Waals surface area contributed by atoms with Gasteiger partial charge in [-0.3, -0.25) is 4.79 Å². The summed E-state index contributed by atoms with van der Waals surface area (Å²) in [6, 6.07) is 0. The Kier molecular flexibility index (Phi) is 5.94. The van der Waals surface area contributed by atoms with Crippen molar-refractivity contribution >= 4 is 40.4 Å². The molecule has 0 aliphatic rings. The molecule has 0 aromatic heterocycles. The van der Waals surface area contributed by atoms with Crippen LogP contribution in [-0.4, -0.2) is 28.5 Å². The summed E-state index contributed by atoms with van der Waals surface area (Å²) in [5.41, 5.74) is 0. The number of hydrogen-bond acceptors (Lipinski definition) is 4. The highest BCUT2D eigenvalue weighted by Gasteiger charge is 2.12. The molecule has 0 heterocycles. The zero-order valence-electron chi connectivity index (χ0n) is 5.71. The number of hydrogen-bond donors (Lipinski definition) is 0. The first-order chi connectivity index (χ1) is 4.26. The molecule has 1 nitrogen and oxygen atoms in total.